The van der Waals surface area contributed by atoms with Crippen molar-refractivity contribution in [2.24, 2.45) is 5.92 Å². The average Bonchev–Trinajstić information content (AvgIpc) is 3.18. The zero-order valence-electron chi connectivity index (χ0n) is 14.1. The first-order valence-corrected chi connectivity index (χ1v) is 9.08. The van der Waals surface area contributed by atoms with E-state index < -0.39 is 0 Å². The Morgan fingerprint density at radius 1 is 0.917 bits per heavy atom. The van der Waals surface area contributed by atoms with Crippen LogP contribution in [0.1, 0.15) is 53.0 Å². The predicted molar refractivity (Wildman–Crippen MR) is 103 cm³/mol. The zero-order valence-corrected chi connectivity index (χ0v) is 14.1. The Morgan fingerprint density at radius 3 is 2.50 bits per heavy atom. The van der Waals surface area contributed by atoms with Gasteiger partial charge in [0.05, 0.1) is 0 Å². The summed E-state index contributed by atoms with van der Waals surface area (Å²) in [5.74, 6) is 1.60. The maximum absolute atomic E-state index is 2.42. The highest BCUT2D eigenvalue weighted by Gasteiger charge is 2.33. The van der Waals surface area contributed by atoms with E-state index in [0.29, 0.717) is 5.92 Å². The summed E-state index contributed by atoms with van der Waals surface area (Å²) in [5.41, 5.74) is 9.81. The van der Waals surface area contributed by atoms with Gasteiger partial charge in [-0.1, -0.05) is 66.3 Å². The van der Waals surface area contributed by atoms with Gasteiger partial charge in [0, 0.05) is 5.92 Å². The molecule has 0 heterocycles. The molecule has 2 aromatic rings. The number of aryl methyl sites for hydroxylation is 1. The lowest BCUT2D eigenvalue weighted by atomic mass is 9.93. The Morgan fingerprint density at radius 2 is 1.71 bits per heavy atom. The lowest BCUT2D eigenvalue weighted by molar-refractivity contribution is 0.738. The van der Waals surface area contributed by atoms with Crippen molar-refractivity contribution >= 4 is 17.2 Å². The molecule has 0 spiro atoms. The molecule has 0 nitrogen and oxygen atoms in total. The smallest absolute Gasteiger partial charge is 0.00555 e. The highest BCUT2D eigenvalue weighted by atomic mass is 14.4. The molecule has 118 valence electrons. The molecule has 0 amide bonds. The van der Waals surface area contributed by atoms with Crippen LogP contribution in [0.3, 0.4) is 0 Å². The Bertz CT molecular complexity index is 886. The molecule has 2 aromatic carbocycles. The fraction of sp³-hybridized carbons (Fsp3) is 0.250. The van der Waals surface area contributed by atoms with Crippen LogP contribution in [0.25, 0.3) is 17.2 Å². The van der Waals surface area contributed by atoms with Crippen LogP contribution in [0.5, 0.6) is 0 Å². The standard InChI is InChI=1S/C24H22/c1-16-2-4-17(5-3-16)19-8-9-20(14-19)21-10-12-24-22(15-21)11-13-23(24)18-6-7-18/h2-5,8,10-15,18,23H,6-7,9H2,1H3. The summed E-state index contributed by atoms with van der Waals surface area (Å²) in [5, 5.41) is 0. The summed E-state index contributed by atoms with van der Waals surface area (Å²) in [6.07, 6.45) is 13.3. The molecule has 0 bridgehead atoms. The van der Waals surface area contributed by atoms with Gasteiger partial charge in [0.1, 0.15) is 0 Å². The van der Waals surface area contributed by atoms with Gasteiger partial charge in [0.15, 0.2) is 0 Å². The van der Waals surface area contributed by atoms with Crippen LogP contribution in [0, 0.1) is 12.8 Å². The normalized spacial score (nSPS) is 21.6. The maximum Gasteiger partial charge on any atom is 0.00555 e. The van der Waals surface area contributed by atoms with E-state index in [0.717, 1.165) is 12.3 Å². The van der Waals surface area contributed by atoms with Crippen LogP contribution in [-0.4, -0.2) is 0 Å². The Labute approximate surface area is 144 Å². The van der Waals surface area contributed by atoms with Crippen molar-refractivity contribution in [3.05, 3.63) is 88.5 Å². The van der Waals surface area contributed by atoms with Gasteiger partial charge >= 0.3 is 0 Å². The molecule has 0 N–H and O–H groups in total. The third kappa shape index (κ3) is 2.38. The lowest BCUT2D eigenvalue weighted by Crippen LogP contribution is -1.95. The van der Waals surface area contributed by atoms with Crippen LogP contribution in [0.4, 0.5) is 0 Å². The number of benzene rings is 2. The molecule has 24 heavy (non-hydrogen) atoms. The molecule has 1 saturated carbocycles. The molecule has 0 saturated heterocycles. The second-order valence-corrected chi connectivity index (χ2v) is 7.47. The molecule has 3 aliphatic rings. The van der Waals surface area contributed by atoms with Crippen LogP contribution >= 0.6 is 0 Å². The van der Waals surface area contributed by atoms with E-state index in [9.17, 15) is 0 Å². The van der Waals surface area contributed by atoms with Crippen LogP contribution in [0.15, 0.2) is 60.7 Å². The molecule has 1 fully saturated rings. The fourth-order valence-electron chi connectivity index (χ4n) is 4.07. The number of rotatable bonds is 3. The molecule has 0 radical (unpaired) electrons. The van der Waals surface area contributed by atoms with Gasteiger partial charge in [0.2, 0.25) is 0 Å². The molecule has 1 unspecified atom stereocenters. The molecule has 0 aromatic heterocycles. The SMILES string of the molecule is Cc1ccc(C2=CCC(c3ccc4c(c3)C=CC4C3CC3)=C2)cc1. The minimum atomic E-state index is 0.688. The topological polar surface area (TPSA) is 0 Å². The zero-order chi connectivity index (χ0) is 16.1. The minimum absolute atomic E-state index is 0.688. The van der Waals surface area contributed by atoms with E-state index in [1.54, 1.807) is 5.56 Å². The fourth-order valence-corrected chi connectivity index (χ4v) is 4.07. The van der Waals surface area contributed by atoms with Crippen molar-refractivity contribution in [2.75, 3.05) is 0 Å². The van der Waals surface area contributed by atoms with E-state index in [4.69, 9.17) is 0 Å². The molecule has 5 rings (SSSR count). The first-order valence-electron chi connectivity index (χ1n) is 9.08. The quantitative estimate of drug-likeness (QED) is 0.616. The number of fused-ring (bicyclic) bond motifs is 1. The average molecular weight is 310 g/mol. The predicted octanol–water partition coefficient (Wildman–Crippen LogP) is 6.39. The number of hydrogen-bond donors (Lipinski definition) is 0. The lowest BCUT2D eigenvalue weighted by Gasteiger charge is -2.11. The van der Waals surface area contributed by atoms with Gasteiger partial charge in [-0.3, -0.25) is 0 Å². The largest absolute Gasteiger partial charge is 0.0761 e. The maximum atomic E-state index is 2.42. The first kappa shape index (κ1) is 14.0. The van der Waals surface area contributed by atoms with Crippen molar-refractivity contribution < 1.29 is 0 Å². The van der Waals surface area contributed by atoms with Gasteiger partial charge in [-0.2, -0.15) is 0 Å². The van der Waals surface area contributed by atoms with Crippen molar-refractivity contribution in [3.8, 4) is 0 Å². The Kier molecular flexibility index (Phi) is 3.13. The van der Waals surface area contributed by atoms with E-state index in [-0.39, 0.29) is 0 Å². The molecule has 3 aliphatic carbocycles. The second kappa shape index (κ2) is 5.34. The summed E-state index contributed by atoms with van der Waals surface area (Å²) in [7, 11) is 0. The van der Waals surface area contributed by atoms with Crippen LogP contribution < -0.4 is 0 Å². The highest BCUT2D eigenvalue weighted by molar-refractivity contribution is 5.90. The van der Waals surface area contributed by atoms with Crippen molar-refractivity contribution in [3.63, 3.8) is 0 Å². The van der Waals surface area contributed by atoms with Crippen molar-refractivity contribution in [1.82, 2.24) is 0 Å². The summed E-state index contributed by atoms with van der Waals surface area (Å²) >= 11 is 0. The van der Waals surface area contributed by atoms with E-state index in [1.807, 2.05) is 0 Å². The minimum Gasteiger partial charge on any atom is -0.0761 e. The highest BCUT2D eigenvalue weighted by Crippen LogP contribution is 2.48. The van der Waals surface area contributed by atoms with E-state index in [2.05, 4.69) is 73.7 Å². The molecular formula is C24H22. The van der Waals surface area contributed by atoms with Crippen LogP contribution in [-0.2, 0) is 0 Å². The Balaban J connectivity index is 1.43. The number of hydrogen-bond acceptors (Lipinski definition) is 0. The second-order valence-electron chi connectivity index (χ2n) is 7.47. The molecule has 0 heteroatoms. The van der Waals surface area contributed by atoms with Gasteiger partial charge < -0.3 is 0 Å². The first-order chi connectivity index (χ1) is 11.8. The number of allylic oxidation sites excluding steroid dienone is 5. The van der Waals surface area contributed by atoms with Gasteiger partial charge in [-0.15, -0.1) is 0 Å². The summed E-state index contributed by atoms with van der Waals surface area (Å²) in [4.78, 5) is 0. The van der Waals surface area contributed by atoms with Gasteiger partial charge in [0.25, 0.3) is 0 Å². The Hall–Kier alpha value is -2.34. The third-order valence-corrected chi connectivity index (χ3v) is 5.69. The van der Waals surface area contributed by atoms with E-state index >= 15 is 0 Å². The molecule has 1 atom stereocenters. The summed E-state index contributed by atoms with van der Waals surface area (Å²) in [6, 6.07) is 15.9. The summed E-state index contributed by atoms with van der Waals surface area (Å²) < 4.78 is 0. The summed E-state index contributed by atoms with van der Waals surface area (Å²) in [6.45, 7) is 2.14. The van der Waals surface area contributed by atoms with E-state index in [1.165, 1.54) is 46.2 Å². The molecule has 0 aliphatic heterocycles. The van der Waals surface area contributed by atoms with Crippen LogP contribution in [0.2, 0.25) is 0 Å². The third-order valence-electron chi connectivity index (χ3n) is 5.69. The molecular weight excluding hydrogens is 288 g/mol. The monoisotopic (exact) mass is 310 g/mol. The van der Waals surface area contributed by atoms with Crippen molar-refractivity contribution in [2.45, 2.75) is 32.1 Å². The van der Waals surface area contributed by atoms with Gasteiger partial charge in [-0.25, -0.2) is 0 Å². The van der Waals surface area contributed by atoms with Crippen molar-refractivity contribution in [1.29, 1.82) is 0 Å². The van der Waals surface area contributed by atoms with Gasteiger partial charge in [-0.05, 0) is 71.6 Å².